The first-order valence-electron chi connectivity index (χ1n) is 5.46. The molecule has 2 aromatic rings. The van der Waals surface area contributed by atoms with Crippen LogP contribution in [0.2, 0.25) is 0 Å². The summed E-state index contributed by atoms with van der Waals surface area (Å²) in [6.45, 7) is 6.01. The number of benzene rings is 1. The standard InChI is InChI=1S/C14H14BrFS/c1-8-6-11(16)7-9(2)13(8)14(15)12-5-4-10(3)17-12/h4-7,14H,1-3H3. The van der Waals surface area contributed by atoms with Crippen molar-refractivity contribution in [3.8, 4) is 0 Å². The van der Waals surface area contributed by atoms with E-state index in [1.807, 2.05) is 13.8 Å². The van der Waals surface area contributed by atoms with Gasteiger partial charge in [-0.3, -0.25) is 0 Å². The zero-order valence-electron chi connectivity index (χ0n) is 10.1. The second-order valence-electron chi connectivity index (χ2n) is 4.26. The summed E-state index contributed by atoms with van der Waals surface area (Å²) in [7, 11) is 0. The molecule has 0 aliphatic heterocycles. The number of rotatable bonds is 2. The number of aryl methyl sites for hydroxylation is 3. The van der Waals surface area contributed by atoms with Gasteiger partial charge in [0.25, 0.3) is 0 Å². The minimum atomic E-state index is -0.161. The minimum Gasteiger partial charge on any atom is -0.207 e. The fourth-order valence-corrected chi connectivity index (χ4v) is 4.07. The van der Waals surface area contributed by atoms with Gasteiger partial charge < -0.3 is 0 Å². The zero-order chi connectivity index (χ0) is 12.6. The molecule has 3 heteroatoms. The van der Waals surface area contributed by atoms with E-state index in [-0.39, 0.29) is 10.6 Å². The van der Waals surface area contributed by atoms with Crippen molar-refractivity contribution in [1.29, 1.82) is 0 Å². The molecule has 0 saturated heterocycles. The van der Waals surface area contributed by atoms with Crippen LogP contribution in [0.3, 0.4) is 0 Å². The Bertz CT molecular complexity index is 522. The van der Waals surface area contributed by atoms with Crippen LogP contribution in [0, 0.1) is 26.6 Å². The van der Waals surface area contributed by atoms with Gasteiger partial charge in [0.1, 0.15) is 5.82 Å². The van der Waals surface area contributed by atoms with Crippen LogP contribution in [0.25, 0.3) is 0 Å². The van der Waals surface area contributed by atoms with Crippen LogP contribution < -0.4 is 0 Å². The first-order valence-corrected chi connectivity index (χ1v) is 7.19. The van der Waals surface area contributed by atoms with Gasteiger partial charge in [-0.15, -0.1) is 11.3 Å². The summed E-state index contributed by atoms with van der Waals surface area (Å²) in [6, 6.07) is 7.43. The molecule has 0 spiro atoms. The van der Waals surface area contributed by atoms with Crippen molar-refractivity contribution in [2.75, 3.05) is 0 Å². The molecule has 1 aromatic heterocycles. The molecule has 0 nitrogen and oxygen atoms in total. The first-order chi connectivity index (χ1) is 7.99. The molecule has 90 valence electrons. The third kappa shape index (κ3) is 2.61. The lowest BCUT2D eigenvalue weighted by Gasteiger charge is -2.15. The van der Waals surface area contributed by atoms with Crippen molar-refractivity contribution in [2.24, 2.45) is 0 Å². The summed E-state index contributed by atoms with van der Waals surface area (Å²) in [5.74, 6) is -0.161. The molecule has 2 rings (SSSR count). The molecule has 1 heterocycles. The average Bonchev–Trinajstić information content (AvgIpc) is 2.63. The highest BCUT2D eigenvalue weighted by atomic mass is 79.9. The first kappa shape index (κ1) is 12.8. The molecule has 1 atom stereocenters. The van der Waals surface area contributed by atoms with Gasteiger partial charge in [0.2, 0.25) is 0 Å². The van der Waals surface area contributed by atoms with Crippen LogP contribution in [0.15, 0.2) is 24.3 Å². The summed E-state index contributed by atoms with van der Waals surface area (Å²) in [5.41, 5.74) is 3.17. The van der Waals surface area contributed by atoms with E-state index >= 15 is 0 Å². The maximum atomic E-state index is 13.3. The van der Waals surface area contributed by atoms with Crippen LogP contribution in [-0.4, -0.2) is 0 Å². The van der Waals surface area contributed by atoms with Crippen molar-refractivity contribution < 1.29 is 4.39 Å². The second kappa shape index (κ2) is 4.91. The van der Waals surface area contributed by atoms with Crippen molar-refractivity contribution in [2.45, 2.75) is 25.6 Å². The van der Waals surface area contributed by atoms with E-state index in [4.69, 9.17) is 0 Å². The molecule has 0 aliphatic carbocycles. The molecule has 0 fully saturated rings. The molecule has 0 aliphatic rings. The lowest BCUT2D eigenvalue weighted by Crippen LogP contribution is -1.98. The molecule has 1 unspecified atom stereocenters. The van der Waals surface area contributed by atoms with Gasteiger partial charge in [0.15, 0.2) is 0 Å². The second-order valence-corrected chi connectivity index (χ2v) is 6.50. The summed E-state index contributed by atoms with van der Waals surface area (Å²) in [5, 5.41) is 0. The van der Waals surface area contributed by atoms with Gasteiger partial charge in [0, 0.05) is 9.75 Å². The Morgan fingerprint density at radius 3 is 2.18 bits per heavy atom. The SMILES string of the molecule is Cc1ccc(C(Br)c2c(C)cc(F)cc2C)s1. The van der Waals surface area contributed by atoms with Crippen molar-refractivity contribution in [3.63, 3.8) is 0 Å². The lowest BCUT2D eigenvalue weighted by atomic mass is 9.99. The predicted octanol–water partition coefficient (Wildman–Crippen LogP) is 5.30. The third-order valence-electron chi connectivity index (χ3n) is 2.82. The largest absolute Gasteiger partial charge is 0.207 e. The molecule has 1 aromatic carbocycles. The van der Waals surface area contributed by atoms with Crippen molar-refractivity contribution in [3.05, 3.63) is 56.5 Å². The molecule has 0 amide bonds. The Morgan fingerprint density at radius 2 is 1.71 bits per heavy atom. The molecule has 0 bridgehead atoms. The van der Waals surface area contributed by atoms with Crippen LogP contribution in [0.1, 0.15) is 31.3 Å². The lowest BCUT2D eigenvalue weighted by molar-refractivity contribution is 0.624. The van der Waals surface area contributed by atoms with Gasteiger partial charge in [0.05, 0.1) is 4.83 Å². The van der Waals surface area contributed by atoms with Gasteiger partial charge in [-0.05, 0) is 61.7 Å². The van der Waals surface area contributed by atoms with Gasteiger partial charge in [-0.2, -0.15) is 0 Å². The molecular formula is C14H14BrFS. The normalized spacial score (nSPS) is 12.8. The van der Waals surface area contributed by atoms with E-state index in [1.54, 1.807) is 23.5 Å². The highest BCUT2D eigenvalue weighted by molar-refractivity contribution is 9.09. The smallest absolute Gasteiger partial charge is 0.123 e. The topological polar surface area (TPSA) is 0 Å². The Morgan fingerprint density at radius 1 is 1.12 bits per heavy atom. The van der Waals surface area contributed by atoms with Crippen LogP contribution in [0.4, 0.5) is 4.39 Å². The maximum Gasteiger partial charge on any atom is 0.123 e. The maximum absolute atomic E-state index is 13.3. The van der Waals surface area contributed by atoms with E-state index in [1.165, 1.54) is 15.3 Å². The van der Waals surface area contributed by atoms with E-state index in [9.17, 15) is 4.39 Å². The fraction of sp³-hybridized carbons (Fsp3) is 0.286. The summed E-state index contributed by atoms with van der Waals surface area (Å²) in [6.07, 6.45) is 0. The quantitative estimate of drug-likeness (QED) is 0.660. The van der Waals surface area contributed by atoms with Crippen LogP contribution >= 0.6 is 27.3 Å². The van der Waals surface area contributed by atoms with Gasteiger partial charge >= 0.3 is 0 Å². The van der Waals surface area contributed by atoms with Gasteiger partial charge in [-0.1, -0.05) is 15.9 Å². The average molecular weight is 313 g/mol. The number of halogens is 2. The number of alkyl halides is 1. The van der Waals surface area contributed by atoms with Crippen molar-refractivity contribution in [1.82, 2.24) is 0 Å². The van der Waals surface area contributed by atoms with Gasteiger partial charge in [-0.25, -0.2) is 4.39 Å². The number of hydrogen-bond acceptors (Lipinski definition) is 1. The van der Waals surface area contributed by atoms with E-state index in [0.717, 1.165) is 11.1 Å². The Labute approximate surface area is 114 Å². The summed E-state index contributed by atoms with van der Waals surface area (Å²) < 4.78 is 13.3. The summed E-state index contributed by atoms with van der Waals surface area (Å²) >= 11 is 5.49. The van der Waals surface area contributed by atoms with E-state index in [2.05, 4.69) is 35.0 Å². The Hall–Kier alpha value is -0.670. The van der Waals surface area contributed by atoms with Crippen molar-refractivity contribution >= 4 is 27.3 Å². The third-order valence-corrected chi connectivity index (χ3v) is 5.14. The zero-order valence-corrected chi connectivity index (χ0v) is 12.5. The molecule has 0 N–H and O–H groups in total. The monoisotopic (exact) mass is 312 g/mol. The molecular weight excluding hydrogens is 299 g/mol. The molecule has 17 heavy (non-hydrogen) atoms. The van der Waals surface area contributed by atoms with Crippen LogP contribution in [-0.2, 0) is 0 Å². The minimum absolute atomic E-state index is 0.154. The van der Waals surface area contributed by atoms with E-state index < -0.39 is 0 Å². The van der Waals surface area contributed by atoms with Crippen LogP contribution in [0.5, 0.6) is 0 Å². The summed E-state index contributed by atoms with van der Waals surface area (Å²) in [4.78, 5) is 2.71. The number of hydrogen-bond donors (Lipinski definition) is 0. The molecule has 0 saturated carbocycles. The Balaban J connectivity index is 2.47. The van der Waals surface area contributed by atoms with E-state index in [0.29, 0.717) is 0 Å². The molecule has 0 radical (unpaired) electrons. The highest BCUT2D eigenvalue weighted by Gasteiger charge is 2.17. The number of thiophene rings is 1. The Kier molecular flexibility index (Phi) is 3.69. The fourth-order valence-electron chi connectivity index (χ4n) is 2.05. The highest BCUT2D eigenvalue weighted by Crippen LogP contribution is 2.38. The predicted molar refractivity (Wildman–Crippen MR) is 75.7 cm³/mol.